The van der Waals surface area contributed by atoms with Crippen molar-refractivity contribution in [2.75, 3.05) is 33.4 Å². The first-order valence-corrected chi connectivity index (χ1v) is 12.9. The molecule has 1 saturated carbocycles. The van der Waals surface area contributed by atoms with Gasteiger partial charge in [0, 0.05) is 48.3 Å². The molecular weight excluding hydrogens is 482 g/mol. The minimum atomic E-state index is -0.443. The molecule has 1 aliphatic carbocycles. The van der Waals surface area contributed by atoms with E-state index in [-0.39, 0.29) is 11.5 Å². The first kappa shape index (κ1) is 24.5. The van der Waals surface area contributed by atoms with Crippen molar-refractivity contribution in [1.82, 2.24) is 9.88 Å². The second-order valence-corrected chi connectivity index (χ2v) is 10.3. The van der Waals surface area contributed by atoms with E-state index < -0.39 is 5.91 Å². The van der Waals surface area contributed by atoms with E-state index >= 15 is 0 Å². The van der Waals surface area contributed by atoms with Crippen molar-refractivity contribution in [3.05, 3.63) is 71.9 Å². The number of nitrogens with zero attached hydrogens (tertiary/aromatic N) is 2. The summed E-state index contributed by atoms with van der Waals surface area (Å²) in [6.45, 7) is 3.26. The van der Waals surface area contributed by atoms with Gasteiger partial charge in [0.05, 0.1) is 18.7 Å². The summed E-state index contributed by atoms with van der Waals surface area (Å²) in [5, 5.41) is 12.9. The smallest absolute Gasteiger partial charge is 0.249 e. The van der Waals surface area contributed by atoms with Crippen LogP contribution in [0.3, 0.4) is 0 Å². The Kier molecular flexibility index (Phi) is 6.29. The Hall–Kier alpha value is -3.88. The second kappa shape index (κ2) is 9.78. The summed E-state index contributed by atoms with van der Waals surface area (Å²) in [7, 11) is 1.62. The number of hydrogen-bond donors (Lipinski definition) is 2. The first-order chi connectivity index (χ1) is 18.5. The maximum atomic E-state index is 11.7. The summed E-state index contributed by atoms with van der Waals surface area (Å²) >= 11 is 0. The van der Waals surface area contributed by atoms with Crippen molar-refractivity contribution >= 4 is 27.6 Å². The standard InChI is InChI=1S/C30H31N3O5/c1-36-26-14-23-24(15-27(26)37-12-11-33-16-28(34)30(18-33)8-9-30)32-10-7-25(23)38-17-19-5-6-21-20(13-19)3-2-4-22(21)29(31)35/h2-7,10,13-15,28,34H,8-9,11-12,16-18H2,1H3,(H2,31,35). The molecule has 196 valence electrons. The molecule has 38 heavy (non-hydrogen) atoms. The fourth-order valence-electron chi connectivity index (χ4n) is 5.49. The van der Waals surface area contributed by atoms with Gasteiger partial charge in [-0.15, -0.1) is 0 Å². The summed E-state index contributed by atoms with van der Waals surface area (Å²) in [5.41, 5.74) is 7.87. The molecule has 1 aromatic heterocycles. The number of primary amides is 1. The second-order valence-electron chi connectivity index (χ2n) is 10.3. The molecule has 1 amide bonds. The summed E-state index contributed by atoms with van der Waals surface area (Å²) in [5.74, 6) is 1.48. The van der Waals surface area contributed by atoms with Crippen LogP contribution in [0.2, 0.25) is 0 Å². The average molecular weight is 514 g/mol. The van der Waals surface area contributed by atoms with Gasteiger partial charge in [-0.1, -0.05) is 24.3 Å². The van der Waals surface area contributed by atoms with Crippen LogP contribution in [0.25, 0.3) is 21.7 Å². The van der Waals surface area contributed by atoms with E-state index in [0.29, 0.717) is 42.6 Å². The van der Waals surface area contributed by atoms with Gasteiger partial charge in [0.15, 0.2) is 11.5 Å². The van der Waals surface area contributed by atoms with Crippen molar-refractivity contribution in [3.63, 3.8) is 0 Å². The number of fused-ring (bicyclic) bond motifs is 2. The maximum absolute atomic E-state index is 11.7. The van der Waals surface area contributed by atoms with E-state index in [9.17, 15) is 9.90 Å². The van der Waals surface area contributed by atoms with Crippen LogP contribution in [0, 0.1) is 5.41 Å². The number of nitrogens with two attached hydrogens (primary N) is 1. The molecule has 1 atom stereocenters. The van der Waals surface area contributed by atoms with Gasteiger partial charge in [-0.2, -0.15) is 0 Å². The SMILES string of the molecule is COc1cc2c(OCc3ccc4c(C(N)=O)cccc4c3)ccnc2cc1OCCN1CC(O)C2(CC2)C1. The lowest BCUT2D eigenvalue weighted by Crippen LogP contribution is -2.27. The molecule has 4 aromatic rings. The van der Waals surface area contributed by atoms with Crippen molar-refractivity contribution in [3.8, 4) is 17.2 Å². The van der Waals surface area contributed by atoms with E-state index in [1.54, 1.807) is 19.4 Å². The largest absolute Gasteiger partial charge is 0.493 e. The van der Waals surface area contributed by atoms with Crippen LogP contribution < -0.4 is 19.9 Å². The molecule has 1 aliphatic heterocycles. The Morgan fingerprint density at radius 1 is 1.08 bits per heavy atom. The zero-order valence-corrected chi connectivity index (χ0v) is 21.4. The Morgan fingerprint density at radius 2 is 1.95 bits per heavy atom. The van der Waals surface area contributed by atoms with Crippen LogP contribution in [-0.2, 0) is 6.61 Å². The number of aliphatic hydroxyl groups is 1. The Bertz CT molecular complexity index is 1520. The molecule has 1 saturated heterocycles. The monoisotopic (exact) mass is 513 g/mol. The lowest BCUT2D eigenvalue weighted by molar-refractivity contribution is 0.100. The van der Waals surface area contributed by atoms with E-state index in [2.05, 4.69) is 9.88 Å². The number of hydrogen-bond acceptors (Lipinski definition) is 7. The summed E-state index contributed by atoms with van der Waals surface area (Å²) in [6, 6.07) is 17.0. The highest BCUT2D eigenvalue weighted by Crippen LogP contribution is 2.52. The van der Waals surface area contributed by atoms with Crippen LogP contribution in [0.1, 0.15) is 28.8 Å². The number of carbonyl (C=O) groups excluding carboxylic acids is 1. The highest BCUT2D eigenvalue weighted by molar-refractivity contribution is 6.06. The molecule has 2 heterocycles. The topological polar surface area (TPSA) is 107 Å². The van der Waals surface area contributed by atoms with Gasteiger partial charge in [0.2, 0.25) is 5.91 Å². The quantitative estimate of drug-likeness (QED) is 0.349. The maximum Gasteiger partial charge on any atom is 0.249 e. The number of amides is 1. The van der Waals surface area contributed by atoms with Crippen molar-refractivity contribution < 1.29 is 24.1 Å². The Balaban J connectivity index is 1.16. The van der Waals surface area contributed by atoms with Gasteiger partial charge < -0.3 is 25.1 Å². The predicted octanol–water partition coefficient (Wildman–Crippen LogP) is 3.91. The lowest BCUT2D eigenvalue weighted by Gasteiger charge is -2.17. The number of likely N-dealkylation sites (tertiary alicyclic amines) is 1. The normalized spacial score (nSPS) is 18.2. The minimum absolute atomic E-state index is 0.139. The molecule has 2 aliphatic rings. The molecule has 0 bridgehead atoms. The van der Waals surface area contributed by atoms with Gasteiger partial charge in [0.1, 0.15) is 19.0 Å². The number of methoxy groups -OCH3 is 1. The molecular formula is C30H31N3O5. The molecule has 3 N–H and O–H groups in total. The number of pyridine rings is 1. The van der Waals surface area contributed by atoms with Gasteiger partial charge in [-0.25, -0.2) is 0 Å². The van der Waals surface area contributed by atoms with Crippen LogP contribution in [0.4, 0.5) is 0 Å². The van der Waals surface area contributed by atoms with Crippen molar-refractivity contribution in [2.24, 2.45) is 11.1 Å². The van der Waals surface area contributed by atoms with E-state index in [0.717, 1.165) is 53.2 Å². The number of β-amino-alcohol motifs (C(OH)–C–C–N with tert-alkyl or cyclic N) is 1. The molecule has 1 spiro atoms. The Morgan fingerprint density at radius 3 is 2.71 bits per heavy atom. The molecule has 6 rings (SSSR count). The number of ether oxygens (including phenoxy) is 3. The van der Waals surface area contributed by atoms with Crippen LogP contribution in [0.15, 0.2) is 60.8 Å². The van der Waals surface area contributed by atoms with E-state index in [4.69, 9.17) is 19.9 Å². The van der Waals surface area contributed by atoms with Gasteiger partial charge in [-0.3, -0.25) is 14.7 Å². The number of carbonyl (C=O) groups is 1. The Labute approximate surface area is 220 Å². The number of benzene rings is 3. The van der Waals surface area contributed by atoms with Crippen molar-refractivity contribution in [1.29, 1.82) is 0 Å². The summed E-state index contributed by atoms with van der Waals surface area (Å²) < 4.78 is 17.9. The zero-order chi connectivity index (χ0) is 26.3. The fourth-order valence-corrected chi connectivity index (χ4v) is 5.49. The zero-order valence-electron chi connectivity index (χ0n) is 21.4. The van der Waals surface area contributed by atoms with E-state index in [1.807, 2.05) is 48.5 Å². The van der Waals surface area contributed by atoms with Crippen molar-refractivity contribution in [2.45, 2.75) is 25.6 Å². The predicted molar refractivity (Wildman–Crippen MR) is 145 cm³/mol. The van der Waals surface area contributed by atoms with Crippen LogP contribution in [-0.4, -0.2) is 60.4 Å². The van der Waals surface area contributed by atoms with Gasteiger partial charge in [-0.05, 0) is 53.4 Å². The molecule has 3 aromatic carbocycles. The third kappa shape index (κ3) is 4.61. The third-order valence-corrected chi connectivity index (χ3v) is 7.83. The number of rotatable bonds is 9. The van der Waals surface area contributed by atoms with E-state index in [1.165, 1.54) is 0 Å². The molecule has 1 unspecified atom stereocenters. The minimum Gasteiger partial charge on any atom is -0.493 e. The summed E-state index contributed by atoms with van der Waals surface area (Å²) in [6.07, 6.45) is 3.74. The molecule has 2 fully saturated rings. The molecule has 8 nitrogen and oxygen atoms in total. The molecule has 8 heteroatoms. The summed E-state index contributed by atoms with van der Waals surface area (Å²) in [4.78, 5) is 18.5. The number of aliphatic hydroxyl groups excluding tert-OH is 1. The highest BCUT2D eigenvalue weighted by atomic mass is 16.5. The highest BCUT2D eigenvalue weighted by Gasteiger charge is 2.54. The fraction of sp³-hybridized carbons (Fsp3) is 0.333. The lowest BCUT2D eigenvalue weighted by atomic mass is 10.0. The number of aromatic nitrogens is 1. The average Bonchev–Trinajstić information content (AvgIpc) is 3.64. The third-order valence-electron chi connectivity index (χ3n) is 7.83. The van der Waals surface area contributed by atoms with Gasteiger partial charge in [0.25, 0.3) is 0 Å². The van der Waals surface area contributed by atoms with Crippen LogP contribution >= 0.6 is 0 Å². The van der Waals surface area contributed by atoms with Crippen LogP contribution in [0.5, 0.6) is 17.2 Å². The molecule has 0 radical (unpaired) electrons. The first-order valence-electron chi connectivity index (χ1n) is 12.9. The van der Waals surface area contributed by atoms with Gasteiger partial charge >= 0.3 is 0 Å².